The molecule has 0 aromatic heterocycles. The highest BCUT2D eigenvalue weighted by atomic mass is 35.5. The van der Waals surface area contributed by atoms with E-state index < -0.39 is 0 Å². The highest BCUT2D eigenvalue weighted by Gasteiger charge is 2.30. The number of carbonyl (C=O) groups excluding carboxylic acids is 2. The van der Waals surface area contributed by atoms with E-state index in [1.807, 2.05) is 41.8 Å². The van der Waals surface area contributed by atoms with Crippen LogP contribution < -0.4 is 5.73 Å². The van der Waals surface area contributed by atoms with Crippen LogP contribution in [0.4, 0.5) is 0 Å². The molecule has 2 rings (SSSR count). The van der Waals surface area contributed by atoms with Crippen molar-refractivity contribution in [1.29, 1.82) is 0 Å². The summed E-state index contributed by atoms with van der Waals surface area (Å²) in [5.41, 5.74) is 6.47. The summed E-state index contributed by atoms with van der Waals surface area (Å²) in [7, 11) is 0. The monoisotopic (exact) mass is 337 g/mol. The van der Waals surface area contributed by atoms with Gasteiger partial charge in [-0.1, -0.05) is 30.7 Å². The standard InChI is InChI=1S/C17H24ClN3O2/c1-12(10-19)17(23)20-6-7-21(13(2)11-20)16(22)9-14-4-3-5-15(18)8-14/h3-5,8,12-13H,6-7,9-11,19H2,1-2H3. The van der Waals surface area contributed by atoms with E-state index in [9.17, 15) is 9.59 Å². The van der Waals surface area contributed by atoms with Crippen LogP contribution in [0.15, 0.2) is 24.3 Å². The molecule has 5 nitrogen and oxygen atoms in total. The number of amides is 2. The first kappa shape index (κ1) is 17.8. The van der Waals surface area contributed by atoms with Crippen molar-refractivity contribution in [2.45, 2.75) is 26.3 Å². The molecule has 0 aliphatic carbocycles. The third-order valence-electron chi connectivity index (χ3n) is 4.28. The second kappa shape index (κ2) is 7.79. The van der Waals surface area contributed by atoms with Crippen molar-refractivity contribution < 1.29 is 9.59 Å². The molecule has 1 heterocycles. The molecule has 1 aromatic carbocycles. The predicted molar refractivity (Wildman–Crippen MR) is 91.1 cm³/mol. The fourth-order valence-corrected chi connectivity index (χ4v) is 3.08. The predicted octanol–water partition coefficient (Wildman–Crippen LogP) is 1.54. The molecule has 1 aliphatic heterocycles. The van der Waals surface area contributed by atoms with Crippen molar-refractivity contribution in [3.05, 3.63) is 34.9 Å². The first-order chi connectivity index (χ1) is 10.9. The van der Waals surface area contributed by atoms with Gasteiger partial charge in [-0.2, -0.15) is 0 Å². The molecule has 1 fully saturated rings. The summed E-state index contributed by atoms with van der Waals surface area (Å²) in [5, 5.41) is 0.634. The third kappa shape index (κ3) is 4.45. The Morgan fingerprint density at radius 3 is 2.74 bits per heavy atom. The van der Waals surface area contributed by atoms with Gasteiger partial charge in [-0.25, -0.2) is 0 Å². The molecule has 23 heavy (non-hydrogen) atoms. The molecule has 0 bridgehead atoms. The second-order valence-electron chi connectivity index (χ2n) is 6.16. The van der Waals surface area contributed by atoms with E-state index in [0.717, 1.165) is 5.56 Å². The van der Waals surface area contributed by atoms with Gasteiger partial charge in [0.2, 0.25) is 11.8 Å². The lowest BCUT2D eigenvalue weighted by atomic mass is 10.1. The summed E-state index contributed by atoms with van der Waals surface area (Å²) in [6.07, 6.45) is 0.331. The van der Waals surface area contributed by atoms with Gasteiger partial charge in [0.15, 0.2) is 0 Å². The number of hydrogen-bond donors (Lipinski definition) is 1. The smallest absolute Gasteiger partial charge is 0.227 e. The van der Waals surface area contributed by atoms with Crippen LogP contribution in [0.5, 0.6) is 0 Å². The van der Waals surface area contributed by atoms with E-state index in [-0.39, 0.29) is 23.8 Å². The molecule has 2 unspecified atom stereocenters. The number of piperazine rings is 1. The van der Waals surface area contributed by atoms with E-state index >= 15 is 0 Å². The average molecular weight is 338 g/mol. The number of nitrogens with two attached hydrogens (primary N) is 1. The molecule has 2 N–H and O–H groups in total. The molecular weight excluding hydrogens is 314 g/mol. The Balaban J connectivity index is 1.95. The summed E-state index contributed by atoms with van der Waals surface area (Å²) in [4.78, 5) is 28.4. The molecule has 2 amide bonds. The van der Waals surface area contributed by atoms with Crippen molar-refractivity contribution in [2.24, 2.45) is 11.7 Å². The van der Waals surface area contributed by atoms with Crippen LogP contribution >= 0.6 is 11.6 Å². The van der Waals surface area contributed by atoms with Crippen molar-refractivity contribution in [3.8, 4) is 0 Å². The molecular formula is C17H24ClN3O2. The van der Waals surface area contributed by atoms with Gasteiger partial charge in [0.05, 0.1) is 6.42 Å². The lowest BCUT2D eigenvalue weighted by Crippen LogP contribution is -2.56. The minimum Gasteiger partial charge on any atom is -0.339 e. The van der Waals surface area contributed by atoms with Crippen molar-refractivity contribution >= 4 is 23.4 Å². The number of benzene rings is 1. The number of hydrogen-bond acceptors (Lipinski definition) is 3. The van der Waals surface area contributed by atoms with E-state index in [1.54, 1.807) is 6.07 Å². The highest BCUT2D eigenvalue weighted by molar-refractivity contribution is 6.30. The number of nitrogens with zero attached hydrogens (tertiary/aromatic N) is 2. The van der Waals surface area contributed by atoms with Gasteiger partial charge in [-0.15, -0.1) is 0 Å². The van der Waals surface area contributed by atoms with Crippen LogP contribution in [-0.2, 0) is 16.0 Å². The largest absolute Gasteiger partial charge is 0.339 e. The zero-order chi connectivity index (χ0) is 17.0. The maximum absolute atomic E-state index is 12.5. The summed E-state index contributed by atoms with van der Waals surface area (Å²) >= 11 is 5.96. The van der Waals surface area contributed by atoms with Crippen LogP contribution in [0.25, 0.3) is 0 Å². The molecule has 2 atom stereocenters. The van der Waals surface area contributed by atoms with E-state index in [1.165, 1.54) is 0 Å². The quantitative estimate of drug-likeness (QED) is 0.906. The molecule has 1 aliphatic rings. The van der Waals surface area contributed by atoms with Gasteiger partial charge >= 0.3 is 0 Å². The molecule has 0 spiro atoms. The van der Waals surface area contributed by atoms with Crippen LogP contribution in [0, 0.1) is 5.92 Å². The minimum absolute atomic E-state index is 0.00404. The SMILES string of the molecule is CC(CN)C(=O)N1CCN(C(=O)Cc2cccc(Cl)c2)C(C)C1. The van der Waals surface area contributed by atoms with Crippen LogP contribution in [0.1, 0.15) is 19.4 Å². The zero-order valence-electron chi connectivity index (χ0n) is 13.7. The first-order valence-corrected chi connectivity index (χ1v) is 8.33. The topological polar surface area (TPSA) is 66.6 Å². The van der Waals surface area contributed by atoms with Crippen LogP contribution in [-0.4, -0.2) is 53.8 Å². The molecule has 6 heteroatoms. The second-order valence-corrected chi connectivity index (χ2v) is 6.60. The van der Waals surface area contributed by atoms with Crippen molar-refractivity contribution in [2.75, 3.05) is 26.2 Å². The Bertz CT molecular complexity index is 579. The minimum atomic E-state index is -0.170. The fraction of sp³-hybridized carbons (Fsp3) is 0.529. The zero-order valence-corrected chi connectivity index (χ0v) is 14.4. The van der Waals surface area contributed by atoms with Gasteiger partial charge in [0.25, 0.3) is 0 Å². The Morgan fingerprint density at radius 1 is 1.39 bits per heavy atom. The summed E-state index contributed by atoms with van der Waals surface area (Å²) in [6, 6.07) is 7.36. The van der Waals surface area contributed by atoms with Crippen LogP contribution in [0.2, 0.25) is 5.02 Å². The normalized spacial score (nSPS) is 19.6. The van der Waals surface area contributed by atoms with Gasteiger partial charge < -0.3 is 15.5 Å². The Kier molecular flexibility index (Phi) is 6.02. The van der Waals surface area contributed by atoms with E-state index in [4.69, 9.17) is 17.3 Å². The summed E-state index contributed by atoms with van der Waals surface area (Å²) < 4.78 is 0. The molecule has 0 saturated carbocycles. The maximum atomic E-state index is 12.5. The Labute approximate surface area is 142 Å². The van der Waals surface area contributed by atoms with E-state index in [0.29, 0.717) is 37.6 Å². The number of halogens is 1. The number of rotatable bonds is 4. The maximum Gasteiger partial charge on any atom is 0.227 e. The lowest BCUT2D eigenvalue weighted by Gasteiger charge is -2.40. The molecule has 1 aromatic rings. The van der Waals surface area contributed by atoms with Crippen molar-refractivity contribution in [1.82, 2.24) is 9.80 Å². The highest BCUT2D eigenvalue weighted by Crippen LogP contribution is 2.16. The molecule has 0 radical (unpaired) electrons. The molecule has 126 valence electrons. The average Bonchev–Trinajstić information content (AvgIpc) is 2.53. The van der Waals surface area contributed by atoms with Crippen LogP contribution in [0.3, 0.4) is 0 Å². The van der Waals surface area contributed by atoms with Crippen molar-refractivity contribution in [3.63, 3.8) is 0 Å². The van der Waals surface area contributed by atoms with Gasteiger partial charge in [0.1, 0.15) is 0 Å². The first-order valence-electron chi connectivity index (χ1n) is 7.95. The molecule has 1 saturated heterocycles. The summed E-state index contributed by atoms with van der Waals surface area (Å²) in [5.74, 6) is -0.0315. The summed E-state index contributed by atoms with van der Waals surface area (Å²) in [6.45, 7) is 5.84. The fourth-order valence-electron chi connectivity index (χ4n) is 2.86. The third-order valence-corrected chi connectivity index (χ3v) is 4.51. The van der Waals surface area contributed by atoms with Gasteiger partial charge in [0, 0.05) is 43.2 Å². The Hall–Kier alpha value is -1.59. The van der Waals surface area contributed by atoms with Gasteiger partial charge in [-0.05, 0) is 24.6 Å². The lowest BCUT2D eigenvalue weighted by molar-refractivity contribution is -0.144. The van der Waals surface area contributed by atoms with Gasteiger partial charge in [-0.3, -0.25) is 9.59 Å². The van der Waals surface area contributed by atoms with E-state index in [2.05, 4.69) is 0 Å². The Morgan fingerprint density at radius 2 is 2.13 bits per heavy atom. The number of carbonyl (C=O) groups is 2.